The fourth-order valence-corrected chi connectivity index (χ4v) is 4.14. The molecule has 1 saturated heterocycles. The van der Waals surface area contributed by atoms with Gasteiger partial charge < -0.3 is 19.3 Å². The molecule has 0 spiro atoms. The third kappa shape index (κ3) is 6.71. The molecule has 1 heterocycles. The number of benzene rings is 1. The Balaban J connectivity index is 1.39. The number of nitrogens with zero attached hydrogens (tertiary/aromatic N) is 2. The summed E-state index contributed by atoms with van der Waals surface area (Å²) in [6.07, 6.45) is 2.46. The number of amides is 2. The van der Waals surface area contributed by atoms with Crippen LogP contribution in [-0.4, -0.2) is 59.5 Å². The Labute approximate surface area is 184 Å². The summed E-state index contributed by atoms with van der Waals surface area (Å²) in [7, 11) is 0. The van der Waals surface area contributed by atoms with E-state index in [1.165, 1.54) is 0 Å². The molecule has 0 N–H and O–H groups in total. The zero-order valence-electron chi connectivity index (χ0n) is 18.8. The van der Waals surface area contributed by atoms with Crippen molar-refractivity contribution in [3.63, 3.8) is 0 Å². The summed E-state index contributed by atoms with van der Waals surface area (Å²) in [5.41, 5.74) is 0.470. The van der Waals surface area contributed by atoms with Crippen molar-refractivity contribution < 1.29 is 23.9 Å². The van der Waals surface area contributed by atoms with Gasteiger partial charge in [-0.3, -0.25) is 9.59 Å². The standard InChI is InChI=1S/C24H34N2O5/c1-24(2,3)31-22(28)20-11-9-19(10-12-20)21(27)25-13-15-26(16-14-25)23(29)30-17-18-7-5-4-6-8-18/h4-8,19-20H,9-17H2,1-3H3/t19-,20-. The number of carbonyl (C=O) groups excluding carboxylic acids is 3. The van der Waals surface area contributed by atoms with Crippen molar-refractivity contribution in [3.05, 3.63) is 35.9 Å². The summed E-state index contributed by atoms with van der Waals surface area (Å²) in [6.45, 7) is 7.86. The molecule has 2 aliphatic rings. The first kappa shape index (κ1) is 23.1. The zero-order chi connectivity index (χ0) is 22.4. The number of carbonyl (C=O) groups is 3. The third-order valence-corrected chi connectivity index (χ3v) is 5.87. The second-order valence-electron chi connectivity index (χ2n) is 9.43. The van der Waals surface area contributed by atoms with Gasteiger partial charge in [-0.25, -0.2) is 4.79 Å². The molecular formula is C24H34N2O5. The average molecular weight is 431 g/mol. The fraction of sp³-hybridized carbons (Fsp3) is 0.625. The van der Waals surface area contributed by atoms with Gasteiger partial charge >= 0.3 is 12.1 Å². The first-order chi connectivity index (χ1) is 14.7. The SMILES string of the molecule is CC(C)(C)OC(=O)[C@H]1CC[C@H](C(=O)N2CCN(C(=O)OCc3ccccc3)CC2)CC1. The van der Waals surface area contributed by atoms with Crippen LogP contribution in [0.5, 0.6) is 0 Å². The van der Waals surface area contributed by atoms with E-state index in [-0.39, 0.29) is 36.4 Å². The van der Waals surface area contributed by atoms with Gasteiger partial charge in [0.15, 0.2) is 0 Å². The van der Waals surface area contributed by atoms with Gasteiger partial charge in [-0.1, -0.05) is 30.3 Å². The van der Waals surface area contributed by atoms with E-state index in [0.29, 0.717) is 51.9 Å². The number of hydrogen-bond donors (Lipinski definition) is 0. The minimum absolute atomic E-state index is 0.0460. The molecule has 2 amide bonds. The van der Waals surface area contributed by atoms with Crippen molar-refractivity contribution >= 4 is 18.0 Å². The van der Waals surface area contributed by atoms with E-state index in [4.69, 9.17) is 9.47 Å². The first-order valence-corrected chi connectivity index (χ1v) is 11.2. The van der Waals surface area contributed by atoms with Crippen LogP contribution in [-0.2, 0) is 25.7 Å². The zero-order valence-corrected chi connectivity index (χ0v) is 18.8. The highest BCUT2D eigenvalue weighted by Gasteiger charge is 2.35. The summed E-state index contributed by atoms with van der Waals surface area (Å²) in [6, 6.07) is 9.58. The number of rotatable bonds is 4. The maximum Gasteiger partial charge on any atom is 0.410 e. The van der Waals surface area contributed by atoms with Crippen LogP contribution in [0.4, 0.5) is 4.79 Å². The molecule has 1 aromatic carbocycles. The van der Waals surface area contributed by atoms with Gasteiger partial charge in [-0.2, -0.15) is 0 Å². The van der Waals surface area contributed by atoms with E-state index in [1.54, 1.807) is 4.90 Å². The van der Waals surface area contributed by atoms with E-state index in [0.717, 1.165) is 5.56 Å². The summed E-state index contributed by atoms with van der Waals surface area (Å²) < 4.78 is 10.9. The molecule has 0 aromatic heterocycles. The van der Waals surface area contributed by atoms with Crippen molar-refractivity contribution in [2.24, 2.45) is 11.8 Å². The summed E-state index contributed by atoms with van der Waals surface area (Å²) in [5, 5.41) is 0. The summed E-state index contributed by atoms with van der Waals surface area (Å²) in [4.78, 5) is 41.0. The highest BCUT2D eigenvalue weighted by atomic mass is 16.6. The van der Waals surface area contributed by atoms with Crippen molar-refractivity contribution in [1.29, 1.82) is 0 Å². The van der Waals surface area contributed by atoms with Crippen molar-refractivity contribution in [1.82, 2.24) is 9.80 Å². The molecule has 7 nitrogen and oxygen atoms in total. The lowest BCUT2D eigenvalue weighted by atomic mass is 9.81. The third-order valence-electron chi connectivity index (χ3n) is 5.87. The van der Waals surface area contributed by atoms with Crippen molar-refractivity contribution in [3.8, 4) is 0 Å². The number of esters is 1. The molecule has 0 unspecified atom stereocenters. The largest absolute Gasteiger partial charge is 0.460 e. The molecular weight excluding hydrogens is 396 g/mol. The molecule has 1 aliphatic heterocycles. The van der Waals surface area contributed by atoms with E-state index in [9.17, 15) is 14.4 Å². The second-order valence-corrected chi connectivity index (χ2v) is 9.43. The van der Waals surface area contributed by atoms with Crippen LogP contribution in [0.3, 0.4) is 0 Å². The minimum atomic E-state index is -0.480. The fourth-order valence-electron chi connectivity index (χ4n) is 4.14. The van der Waals surface area contributed by atoms with Gasteiger partial charge in [0.05, 0.1) is 5.92 Å². The molecule has 1 aromatic rings. The van der Waals surface area contributed by atoms with Crippen LogP contribution in [0.15, 0.2) is 30.3 Å². The monoisotopic (exact) mass is 430 g/mol. The van der Waals surface area contributed by atoms with Crippen LogP contribution in [0.25, 0.3) is 0 Å². The molecule has 3 rings (SSSR count). The van der Waals surface area contributed by atoms with Gasteiger partial charge in [0, 0.05) is 32.1 Å². The first-order valence-electron chi connectivity index (χ1n) is 11.2. The van der Waals surface area contributed by atoms with E-state index >= 15 is 0 Å². The molecule has 1 aliphatic carbocycles. The van der Waals surface area contributed by atoms with Crippen molar-refractivity contribution in [2.45, 2.75) is 58.7 Å². The topological polar surface area (TPSA) is 76.2 Å². The molecule has 170 valence electrons. The Hall–Kier alpha value is -2.57. The number of piperazine rings is 1. The van der Waals surface area contributed by atoms with Gasteiger partial charge in [0.1, 0.15) is 12.2 Å². The molecule has 7 heteroatoms. The predicted molar refractivity (Wildman–Crippen MR) is 116 cm³/mol. The van der Waals surface area contributed by atoms with Crippen LogP contribution in [0.2, 0.25) is 0 Å². The Morgan fingerprint density at radius 1 is 0.871 bits per heavy atom. The highest BCUT2D eigenvalue weighted by molar-refractivity contribution is 5.80. The smallest absolute Gasteiger partial charge is 0.410 e. The van der Waals surface area contributed by atoms with E-state index in [2.05, 4.69) is 0 Å². The van der Waals surface area contributed by atoms with Crippen LogP contribution < -0.4 is 0 Å². The Kier molecular flexibility index (Phi) is 7.57. The van der Waals surface area contributed by atoms with Gasteiger partial charge in [0.25, 0.3) is 0 Å². The Bertz CT molecular complexity index is 758. The average Bonchev–Trinajstić information content (AvgIpc) is 2.77. The minimum Gasteiger partial charge on any atom is -0.460 e. The lowest BCUT2D eigenvalue weighted by Crippen LogP contribution is -2.52. The number of hydrogen-bond acceptors (Lipinski definition) is 5. The molecule has 1 saturated carbocycles. The van der Waals surface area contributed by atoms with Gasteiger partial charge in [-0.05, 0) is 52.0 Å². The van der Waals surface area contributed by atoms with Gasteiger partial charge in [-0.15, -0.1) is 0 Å². The van der Waals surface area contributed by atoms with E-state index in [1.807, 2.05) is 56.0 Å². The number of ether oxygens (including phenoxy) is 2. The van der Waals surface area contributed by atoms with Crippen LogP contribution in [0.1, 0.15) is 52.0 Å². The van der Waals surface area contributed by atoms with Crippen LogP contribution in [0, 0.1) is 11.8 Å². The molecule has 0 atom stereocenters. The Morgan fingerprint density at radius 2 is 1.42 bits per heavy atom. The normalized spacial score (nSPS) is 22.0. The molecule has 31 heavy (non-hydrogen) atoms. The maximum absolute atomic E-state index is 12.9. The second kappa shape index (κ2) is 10.2. The molecule has 0 bridgehead atoms. The molecule has 0 radical (unpaired) electrons. The Morgan fingerprint density at radius 3 is 2.00 bits per heavy atom. The summed E-state index contributed by atoms with van der Waals surface area (Å²) >= 11 is 0. The van der Waals surface area contributed by atoms with Crippen LogP contribution >= 0.6 is 0 Å². The van der Waals surface area contributed by atoms with Crippen molar-refractivity contribution in [2.75, 3.05) is 26.2 Å². The quantitative estimate of drug-likeness (QED) is 0.682. The molecule has 2 fully saturated rings. The highest BCUT2D eigenvalue weighted by Crippen LogP contribution is 2.32. The van der Waals surface area contributed by atoms with Gasteiger partial charge in [0.2, 0.25) is 5.91 Å². The predicted octanol–water partition coefficient (Wildman–Crippen LogP) is 3.62. The summed E-state index contributed by atoms with van der Waals surface area (Å²) in [5.74, 6) is -0.171. The lowest BCUT2D eigenvalue weighted by Gasteiger charge is -2.37. The van der Waals surface area contributed by atoms with E-state index < -0.39 is 5.60 Å². The maximum atomic E-state index is 12.9. The lowest BCUT2D eigenvalue weighted by molar-refractivity contribution is -0.162.